The zero-order valence-corrected chi connectivity index (χ0v) is 14.9. The van der Waals surface area contributed by atoms with Crippen LogP contribution in [0.1, 0.15) is 10.4 Å². The zero-order valence-electron chi connectivity index (χ0n) is 12.6. The summed E-state index contributed by atoms with van der Waals surface area (Å²) in [6, 6.07) is 15.2. The molecule has 2 aromatic carbocycles. The van der Waals surface area contributed by atoms with Crippen molar-refractivity contribution in [2.75, 3.05) is 4.31 Å². The summed E-state index contributed by atoms with van der Waals surface area (Å²) in [5.41, 5.74) is 1.30. The minimum absolute atomic E-state index is 0.135. The van der Waals surface area contributed by atoms with E-state index in [-0.39, 0.29) is 16.9 Å². The molecular formula is C17H10Cl2N2O3S. The quantitative estimate of drug-likeness (QED) is 0.586. The number of sulfonamides is 1. The molecule has 8 heteroatoms. The van der Waals surface area contributed by atoms with Crippen LogP contribution in [0.15, 0.2) is 60.8 Å². The number of anilines is 2. The third-order valence-corrected chi connectivity index (χ3v) is 7.24. The number of Topliss-reactive ketones (excluding diaryl/α,β-unsaturated/α-hetero) is 1. The van der Waals surface area contributed by atoms with E-state index in [2.05, 4.69) is 4.98 Å². The van der Waals surface area contributed by atoms with Gasteiger partial charge >= 0.3 is 0 Å². The predicted molar refractivity (Wildman–Crippen MR) is 98.0 cm³/mol. The fraction of sp³-hybridized carbons (Fsp3) is 0.0588. The van der Waals surface area contributed by atoms with E-state index in [0.29, 0.717) is 5.52 Å². The van der Waals surface area contributed by atoms with Crippen LogP contribution < -0.4 is 4.31 Å². The minimum Gasteiger partial charge on any atom is -0.289 e. The van der Waals surface area contributed by atoms with Gasteiger partial charge in [-0.25, -0.2) is 12.7 Å². The van der Waals surface area contributed by atoms with Crippen molar-refractivity contribution in [2.24, 2.45) is 0 Å². The molecule has 0 aliphatic carbocycles. The van der Waals surface area contributed by atoms with E-state index in [1.54, 1.807) is 18.2 Å². The van der Waals surface area contributed by atoms with Crippen molar-refractivity contribution in [3.63, 3.8) is 0 Å². The number of halogens is 2. The fourth-order valence-corrected chi connectivity index (χ4v) is 4.80. The average molecular weight is 393 g/mol. The number of para-hydroxylation sites is 2. The molecule has 0 spiro atoms. The molecule has 0 saturated heterocycles. The SMILES string of the molecule is O=C1c2ccccc2N(c2cnc3ccccc3c2)S(=O)(=O)C1(Cl)Cl. The Balaban J connectivity index is 2.04. The number of hydrogen-bond acceptors (Lipinski definition) is 4. The summed E-state index contributed by atoms with van der Waals surface area (Å²) < 4.78 is 24.3. The average Bonchev–Trinajstić information content (AvgIpc) is 2.60. The van der Waals surface area contributed by atoms with Gasteiger partial charge in [0.2, 0.25) is 5.78 Å². The fourth-order valence-electron chi connectivity index (χ4n) is 2.81. The molecule has 4 rings (SSSR count). The Morgan fingerprint density at radius 1 is 1.00 bits per heavy atom. The first-order chi connectivity index (χ1) is 11.8. The molecule has 3 aromatic rings. The molecule has 0 bridgehead atoms. The van der Waals surface area contributed by atoms with Crippen LogP contribution in [0.4, 0.5) is 11.4 Å². The number of alkyl halides is 2. The van der Waals surface area contributed by atoms with Crippen LogP contribution in [0, 0.1) is 0 Å². The lowest BCUT2D eigenvalue weighted by Crippen LogP contribution is -2.49. The van der Waals surface area contributed by atoms with E-state index in [4.69, 9.17) is 23.2 Å². The number of benzene rings is 2. The van der Waals surface area contributed by atoms with E-state index in [1.165, 1.54) is 18.3 Å². The first-order valence-electron chi connectivity index (χ1n) is 7.25. The van der Waals surface area contributed by atoms with Gasteiger partial charge in [-0.3, -0.25) is 9.78 Å². The van der Waals surface area contributed by atoms with E-state index in [9.17, 15) is 13.2 Å². The van der Waals surface area contributed by atoms with Gasteiger partial charge in [-0.15, -0.1) is 0 Å². The summed E-state index contributed by atoms with van der Waals surface area (Å²) in [6.07, 6.45) is 1.41. The Labute approximate surface area is 153 Å². The van der Waals surface area contributed by atoms with Gasteiger partial charge in [-0.1, -0.05) is 53.5 Å². The lowest BCUT2D eigenvalue weighted by Gasteiger charge is -2.35. The third kappa shape index (κ3) is 2.25. The molecular weight excluding hydrogens is 383 g/mol. The molecule has 0 fully saturated rings. The van der Waals surface area contributed by atoms with Crippen molar-refractivity contribution >= 4 is 61.3 Å². The molecule has 0 amide bonds. The maximum absolute atomic E-state index is 13.0. The van der Waals surface area contributed by atoms with Gasteiger partial charge in [0, 0.05) is 10.9 Å². The highest BCUT2D eigenvalue weighted by Crippen LogP contribution is 2.47. The normalized spacial score (nSPS) is 18.2. The number of pyridine rings is 1. The van der Waals surface area contributed by atoms with Crippen molar-refractivity contribution in [3.05, 3.63) is 66.4 Å². The van der Waals surface area contributed by atoms with E-state index < -0.39 is 19.5 Å². The maximum Gasteiger partial charge on any atom is 0.299 e. The number of aromatic nitrogens is 1. The number of rotatable bonds is 1. The van der Waals surface area contributed by atoms with Crippen LogP contribution in [0.3, 0.4) is 0 Å². The molecule has 0 unspecified atom stereocenters. The largest absolute Gasteiger partial charge is 0.299 e. The molecule has 5 nitrogen and oxygen atoms in total. The second kappa shape index (κ2) is 5.42. The molecule has 25 heavy (non-hydrogen) atoms. The van der Waals surface area contributed by atoms with Gasteiger partial charge in [0.25, 0.3) is 13.7 Å². The molecule has 1 aliphatic heterocycles. The van der Waals surface area contributed by atoms with Crippen LogP contribution in [0.5, 0.6) is 0 Å². The highest BCUT2D eigenvalue weighted by atomic mass is 35.5. The van der Waals surface area contributed by atoms with Gasteiger partial charge < -0.3 is 0 Å². The lowest BCUT2D eigenvalue weighted by molar-refractivity contribution is 0.0995. The Hall–Kier alpha value is -2.15. The maximum atomic E-state index is 13.0. The highest BCUT2D eigenvalue weighted by molar-refractivity contribution is 7.98. The first kappa shape index (κ1) is 16.3. The summed E-state index contributed by atoms with van der Waals surface area (Å²) >= 11 is 11.9. The smallest absolute Gasteiger partial charge is 0.289 e. The molecule has 2 heterocycles. The van der Waals surface area contributed by atoms with Crippen molar-refractivity contribution in [1.29, 1.82) is 0 Å². The van der Waals surface area contributed by atoms with Gasteiger partial charge in [0.05, 0.1) is 23.1 Å². The summed E-state index contributed by atoms with van der Waals surface area (Å²) in [7, 11) is -4.41. The van der Waals surface area contributed by atoms with Gasteiger partial charge in [-0.05, 0) is 24.3 Å². The topological polar surface area (TPSA) is 67.3 Å². The Morgan fingerprint density at radius 2 is 1.68 bits per heavy atom. The predicted octanol–water partition coefficient (Wildman–Crippen LogP) is 4.03. The van der Waals surface area contributed by atoms with E-state index >= 15 is 0 Å². The van der Waals surface area contributed by atoms with Crippen molar-refractivity contribution in [1.82, 2.24) is 4.98 Å². The number of ketones is 1. The molecule has 0 radical (unpaired) electrons. The standard InChI is InChI=1S/C17H10Cl2N2O3S/c18-17(19)16(22)13-6-2-4-8-15(13)21(25(17,23)24)12-9-11-5-1-3-7-14(11)20-10-12/h1-10H. The second-order valence-corrected chi connectivity index (χ2v) is 9.22. The molecule has 0 saturated carbocycles. The number of fused-ring (bicyclic) bond motifs is 2. The highest BCUT2D eigenvalue weighted by Gasteiger charge is 2.56. The van der Waals surface area contributed by atoms with Crippen molar-refractivity contribution < 1.29 is 13.2 Å². The van der Waals surface area contributed by atoms with Crippen LogP contribution in [-0.4, -0.2) is 22.9 Å². The van der Waals surface area contributed by atoms with Gasteiger partial charge in [-0.2, -0.15) is 0 Å². The summed E-state index contributed by atoms with van der Waals surface area (Å²) in [5.74, 6) is -0.864. The Kier molecular flexibility index (Phi) is 3.54. The van der Waals surface area contributed by atoms with E-state index in [0.717, 1.165) is 9.69 Å². The summed E-state index contributed by atoms with van der Waals surface area (Å²) in [5, 5.41) is 0.749. The number of carbonyl (C=O) groups excluding carboxylic acids is 1. The Morgan fingerprint density at radius 3 is 2.48 bits per heavy atom. The number of carbonyl (C=O) groups is 1. The molecule has 1 aromatic heterocycles. The lowest BCUT2D eigenvalue weighted by atomic mass is 10.1. The van der Waals surface area contributed by atoms with Gasteiger partial charge in [0.15, 0.2) is 0 Å². The molecule has 126 valence electrons. The summed E-state index contributed by atoms with van der Waals surface area (Å²) in [6.45, 7) is 0. The van der Waals surface area contributed by atoms with Crippen molar-refractivity contribution in [2.45, 2.75) is 3.67 Å². The van der Waals surface area contributed by atoms with Gasteiger partial charge in [0.1, 0.15) is 0 Å². The third-order valence-electron chi connectivity index (χ3n) is 4.01. The number of hydrogen-bond donors (Lipinski definition) is 0. The molecule has 0 atom stereocenters. The first-order valence-corrected chi connectivity index (χ1v) is 9.45. The second-order valence-electron chi connectivity index (χ2n) is 5.52. The van der Waals surface area contributed by atoms with E-state index in [1.807, 2.05) is 24.3 Å². The number of nitrogens with zero attached hydrogens (tertiary/aromatic N) is 2. The molecule has 1 aliphatic rings. The summed E-state index contributed by atoms with van der Waals surface area (Å²) in [4.78, 5) is 16.7. The monoisotopic (exact) mass is 392 g/mol. The van der Waals surface area contributed by atoms with Crippen LogP contribution in [0.25, 0.3) is 10.9 Å². The molecule has 0 N–H and O–H groups in total. The minimum atomic E-state index is -4.41. The zero-order chi connectivity index (χ0) is 17.8. The Bertz CT molecular complexity index is 1130. The van der Waals surface area contributed by atoms with Crippen LogP contribution >= 0.6 is 23.2 Å². The van der Waals surface area contributed by atoms with Crippen LogP contribution in [0.2, 0.25) is 0 Å². The van der Waals surface area contributed by atoms with Crippen molar-refractivity contribution in [3.8, 4) is 0 Å². The van der Waals surface area contributed by atoms with Crippen LogP contribution in [-0.2, 0) is 10.0 Å².